The first-order chi connectivity index (χ1) is 10.0. The number of hydrogen-bond donors (Lipinski definition) is 1. The van der Waals surface area contributed by atoms with Crippen molar-refractivity contribution in [1.82, 2.24) is 5.32 Å². The van der Waals surface area contributed by atoms with Gasteiger partial charge in [0.15, 0.2) is 0 Å². The highest BCUT2D eigenvalue weighted by molar-refractivity contribution is 6.35. The number of likely N-dealkylation sites (N-methyl/N-ethyl adjacent to an activating group) is 1. The van der Waals surface area contributed by atoms with E-state index in [4.69, 9.17) is 23.2 Å². The van der Waals surface area contributed by atoms with E-state index in [1.54, 1.807) is 19.2 Å². The van der Waals surface area contributed by atoms with Crippen molar-refractivity contribution in [1.29, 1.82) is 0 Å². The predicted molar refractivity (Wildman–Crippen MR) is 83.1 cm³/mol. The minimum atomic E-state index is -0.530. The predicted octanol–water partition coefficient (Wildman–Crippen LogP) is 4.64. The molecule has 1 atom stereocenters. The van der Waals surface area contributed by atoms with E-state index in [0.717, 1.165) is 5.56 Å². The van der Waals surface area contributed by atoms with Crippen molar-refractivity contribution >= 4 is 23.2 Å². The maximum atomic E-state index is 13.7. The summed E-state index contributed by atoms with van der Waals surface area (Å²) in [5, 5.41) is 4.18. The van der Waals surface area contributed by atoms with Crippen LogP contribution in [0.3, 0.4) is 0 Å². The van der Waals surface area contributed by atoms with E-state index < -0.39 is 11.6 Å². The van der Waals surface area contributed by atoms with Gasteiger partial charge in [0.25, 0.3) is 0 Å². The Bertz CT molecular complexity index is 611. The van der Waals surface area contributed by atoms with Gasteiger partial charge in [-0.05, 0) is 49.7 Å². The Morgan fingerprint density at radius 2 is 1.71 bits per heavy atom. The van der Waals surface area contributed by atoms with E-state index in [2.05, 4.69) is 5.32 Å². The van der Waals surface area contributed by atoms with E-state index in [1.165, 1.54) is 18.2 Å². The fraction of sp³-hybridized carbons (Fsp3) is 0.250. The first-order valence-corrected chi connectivity index (χ1v) is 7.31. The Morgan fingerprint density at radius 1 is 1.05 bits per heavy atom. The molecular formula is C16H15Cl2F2N. The average Bonchev–Trinajstić information content (AvgIpc) is 2.44. The molecule has 0 amide bonds. The zero-order chi connectivity index (χ0) is 15.4. The van der Waals surface area contributed by atoms with Crippen LogP contribution in [-0.4, -0.2) is 13.1 Å². The number of rotatable bonds is 5. The van der Waals surface area contributed by atoms with E-state index in [1.807, 2.05) is 6.07 Å². The SMILES string of the molecule is CNC(Cc1ccc(Cl)cc1Cl)Cc1c(F)cccc1F. The molecule has 0 aliphatic heterocycles. The van der Waals surface area contributed by atoms with E-state index in [-0.39, 0.29) is 18.0 Å². The number of halogens is 4. The van der Waals surface area contributed by atoms with Crippen LogP contribution >= 0.6 is 23.2 Å². The Balaban J connectivity index is 2.17. The maximum Gasteiger partial charge on any atom is 0.129 e. The maximum absolute atomic E-state index is 13.7. The number of nitrogens with one attached hydrogen (secondary N) is 1. The summed E-state index contributed by atoms with van der Waals surface area (Å²) in [6.45, 7) is 0. The van der Waals surface area contributed by atoms with Crippen LogP contribution in [0, 0.1) is 11.6 Å². The quantitative estimate of drug-likeness (QED) is 0.842. The molecule has 1 nitrogen and oxygen atoms in total. The largest absolute Gasteiger partial charge is 0.316 e. The second kappa shape index (κ2) is 7.21. The van der Waals surface area contributed by atoms with Gasteiger partial charge in [0, 0.05) is 21.7 Å². The van der Waals surface area contributed by atoms with Gasteiger partial charge in [-0.1, -0.05) is 35.3 Å². The lowest BCUT2D eigenvalue weighted by atomic mass is 9.98. The van der Waals surface area contributed by atoms with Crippen molar-refractivity contribution in [2.45, 2.75) is 18.9 Å². The van der Waals surface area contributed by atoms with Crippen LogP contribution in [-0.2, 0) is 12.8 Å². The summed E-state index contributed by atoms with van der Waals surface area (Å²) in [6.07, 6.45) is 0.800. The topological polar surface area (TPSA) is 12.0 Å². The molecule has 2 aromatic carbocycles. The monoisotopic (exact) mass is 329 g/mol. The van der Waals surface area contributed by atoms with Crippen molar-refractivity contribution in [2.75, 3.05) is 7.05 Å². The minimum absolute atomic E-state index is 0.0851. The summed E-state index contributed by atoms with van der Waals surface area (Å²) in [7, 11) is 1.76. The summed E-state index contributed by atoms with van der Waals surface area (Å²) >= 11 is 12.0. The van der Waals surface area contributed by atoms with Crippen LogP contribution in [0.2, 0.25) is 10.0 Å². The Morgan fingerprint density at radius 3 is 2.29 bits per heavy atom. The molecule has 2 aromatic rings. The molecule has 1 N–H and O–H groups in total. The third-order valence-corrected chi connectivity index (χ3v) is 3.99. The molecule has 2 rings (SSSR count). The molecule has 5 heteroatoms. The third kappa shape index (κ3) is 4.16. The molecule has 21 heavy (non-hydrogen) atoms. The van der Waals surface area contributed by atoms with Gasteiger partial charge in [-0.25, -0.2) is 8.78 Å². The zero-order valence-corrected chi connectivity index (χ0v) is 13.0. The van der Waals surface area contributed by atoms with Gasteiger partial charge in [0.1, 0.15) is 11.6 Å². The van der Waals surface area contributed by atoms with E-state index in [9.17, 15) is 8.78 Å². The van der Waals surface area contributed by atoms with E-state index >= 15 is 0 Å². The molecule has 0 saturated carbocycles. The van der Waals surface area contributed by atoms with Crippen molar-refractivity contribution < 1.29 is 8.78 Å². The van der Waals surface area contributed by atoms with E-state index in [0.29, 0.717) is 16.5 Å². The van der Waals surface area contributed by atoms with Crippen LogP contribution in [0.25, 0.3) is 0 Å². The molecule has 0 aromatic heterocycles. The molecule has 0 heterocycles. The summed E-state index contributed by atoms with van der Waals surface area (Å²) in [5.41, 5.74) is 0.971. The second-order valence-corrected chi connectivity index (χ2v) is 5.67. The van der Waals surface area contributed by atoms with Gasteiger partial charge in [0.05, 0.1) is 0 Å². The minimum Gasteiger partial charge on any atom is -0.316 e. The fourth-order valence-corrected chi connectivity index (χ4v) is 2.69. The van der Waals surface area contributed by atoms with Gasteiger partial charge in [-0.2, -0.15) is 0 Å². The molecule has 112 valence electrons. The Hall–Kier alpha value is -1.16. The second-order valence-electron chi connectivity index (χ2n) is 4.83. The van der Waals surface area contributed by atoms with Crippen LogP contribution in [0.1, 0.15) is 11.1 Å². The molecule has 0 radical (unpaired) electrons. The lowest BCUT2D eigenvalue weighted by Crippen LogP contribution is -2.30. The van der Waals surface area contributed by atoms with Crippen molar-refractivity contribution in [3.63, 3.8) is 0 Å². The lowest BCUT2D eigenvalue weighted by Gasteiger charge is -2.18. The van der Waals surface area contributed by atoms with Crippen LogP contribution < -0.4 is 5.32 Å². The van der Waals surface area contributed by atoms with Gasteiger partial charge in [-0.15, -0.1) is 0 Å². The summed E-state index contributed by atoms with van der Waals surface area (Å²) in [5.74, 6) is -1.06. The summed E-state index contributed by atoms with van der Waals surface area (Å²) in [6, 6.07) is 9.00. The average molecular weight is 330 g/mol. The molecule has 0 bridgehead atoms. The van der Waals surface area contributed by atoms with Crippen molar-refractivity contribution in [3.8, 4) is 0 Å². The van der Waals surface area contributed by atoms with Gasteiger partial charge in [-0.3, -0.25) is 0 Å². The van der Waals surface area contributed by atoms with Crippen molar-refractivity contribution in [3.05, 3.63) is 69.2 Å². The molecule has 0 aliphatic rings. The normalized spacial score (nSPS) is 12.4. The van der Waals surface area contributed by atoms with Crippen LogP contribution in [0.5, 0.6) is 0 Å². The molecule has 0 spiro atoms. The fourth-order valence-electron chi connectivity index (χ4n) is 2.20. The van der Waals surface area contributed by atoms with Gasteiger partial charge < -0.3 is 5.32 Å². The first kappa shape index (κ1) is 16.2. The van der Waals surface area contributed by atoms with Crippen LogP contribution in [0.4, 0.5) is 8.78 Å². The van der Waals surface area contributed by atoms with Gasteiger partial charge >= 0.3 is 0 Å². The summed E-state index contributed by atoms with van der Waals surface area (Å²) < 4.78 is 27.4. The van der Waals surface area contributed by atoms with Gasteiger partial charge in [0.2, 0.25) is 0 Å². The number of benzene rings is 2. The third-order valence-electron chi connectivity index (χ3n) is 3.40. The standard InChI is InChI=1S/C16H15Cl2F2N/c1-21-12(7-10-5-6-11(17)8-14(10)18)9-13-15(19)3-2-4-16(13)20/h2-6,8,12,21H,7,9H2,1H3. The Labute approximate surface area is 132 Å². The first-order valence-electron chi connectivity index (χ1n) is 6.55. The molecular weight excluding hydrogens is 315 g/mol. The Kier molecular flexibility index (Phi) is 5.57. The van der Waals surface area contributed by atoms with Crippen molar-refractivity contribution in [2.24, 2.45) is 0 Å². The zero-order valence-electron chi connectivity index (χ0n) is 11.5. The lowest BCUT2D eigenvalue weighted by molar-refractivity contribution is 0.502. The number of hydrogen-bond acceptors (Lipinski definition) is 1. The molecule has 0 aliphatic carbocycles. The highest BCUT2D eigenvalue weighted by atomic mass is 35.5. The van der Waals surface area contributed by atoms with Crippen LogP contribution in [0.15, 0.2) is 36.4 Å². The molecule has 0 fully saturated rings. The molecule has 1 unspecified atom stereocenters. The smallest absolute Gasteiger partial charge is 0.129 e. The highest BCUT2D eigenvalue weighted by Crippen LogP contribution is 2.23. The highest BCUT2D eigenvalue weighted by Gasteiger charge is 2.16. The summed E-state index contributed by atoms with van der Waals surface area (Å²) in [4.78, 5) is 0. The molecule has 0 saturated heterocycles.